The molecule has 1 fully saturated rings. The van der Waals surface area contributed by atoms with Gasteiger partial charge < -0.3 is 0 Å². The Bertz CT molecular complexity index is 598. The van der Waals surface area contributed by atoms with E-state index in [1.54, 1.807) is 6.92 Å². The van der Waals surface area contributed by atoms with Gasteiger partial charge in [0.15, 0.2) is 0 Å². The van der Waals surface area contributed by atoms with E-state index in [1.807, 2.05) is 0 Å². The van der Waals surface area contributed by atoms with Gasteiger partial charge in [-0.2, -0.15) is 0 Å². The normalized spacial score (nSPS) is 20.7. The van der Waals surface area contributed by atoms with Gasteiger partial charge in [-0.05, 0) is 46.2 Å². The first-order chi connectivity index (χ1) is 10.6. The number of benzene rings is 1. The average Bonchev–Trinajstić information content (AvgIpc) is 2.40. The predicted octanol–water partition coefficient (Wildman–Crippen LogP) is 3.35. The SMILES string of the molecule is Cc1c(CN2CCN(C(C)(C)C)[C@@H](C)C2)cc(F)cc1[N+](=O)[O-]. The number of rotatable bonds is 3. The van der Waals surface area contributed by atoms with Gasteiger partial charge in [-0.1, -0.05) is 0 Å². The zero-order chi connectivity index (χ0) is 17.4. The van der Waals surface area contributed by atoms with E-state index in [2.05, 4.69) is 37.5 Å². The van der Waals surface area contributed by atoms with Crippen LogP contribution in [0.25, 0.3) is 0 Å². The Labute approximate surface area is 137 Å². The number of halogens is 1. The van der Waals surface area contributed by atoms with Crippen LogP contribution in [0.2, 0.25) is 0 Å². The molecule has 1 aromatic carbocycles. The average molecular weight is 323 g/mol. The van der Waals surface area contributed by atoms with Gasteiger partial charge in [0.1, 0.15) is 5.82 Å². The first-order valence-corrected chi connectivity index (χ1v) is 8.02. The van der Waals surface area contributed by atoms with E-state index < -0.39 is 10.7 Å². The van der Waals surface area contributed by atoms with Crippen molar-refractivity contribution < 1.29 is 9.31 Å². The van der Waals surface area contributed by atoms with E-state index >= 15 is 0 Å². The number of hydrogen-bond donors (Lipinski definition) is 0. The molecule has 2 rings (SSSR count). The lowest BCUT2D eigenvalue weighted by molar-refractivity contribution is -0.385. The summed E-state index contributed by atoms with van der Waals surface area (Å²) in [7, 11) is 0. The minimum absolute atomic E-state index is 0.124. The van der Waals surface area contributed by atoms with E-state index in [-0.39, 0.29) is 11.2 Å². The second-order valence-corrected chi connectivity index (χ2v) is 7.41. The number of piperazine rings is 1. The molecule has 1 saturated heterocycles. The fraction of sp³-hybridized carbons (Fsp3) is 0.647. The van der Waals surface area contributed by atoms with Crippen LogP contribution >= 0.6 is 0 Å². The van der Waals surface area contributed by atoms with Crippen molar-refractivity contribution >= 4 is 5.69 Å². The number of nitro benzene ring substituents is 1. The summed E-state index contributed by atoms with van der Waals surface area (Å²) in [6.45, 7) is 13.8. The molecule has 1 atom stereocenters. The summed E-state index contributed by atoms with van der Waals surface area (Å²) in [4.78, 5) is 15.2. The summed E-state index contributed by atoms with van der Waals surface area (Å²) < 4.78 is 13.7. The van der Waals surface area contributed by atoms with Crippen molar-refractivity contribution in [3.05, 3.63) is 39.2 Å². The second-order valence-electron chi connectivity index (χ2n) is 7.41. The van der Waals surface area contributed by atoms with Gasteiger partial charge in [-0.15, -0.1) is 0 Å². The molecule has 1 aliphatic heterocycles. The molecule has 5 nitrogen and oxygen atoms in total. The van der Waals surface area contributed by atoms with E-state index in [0.29, 0.717) is 23.7 Å². The van der Waals surface area contributed by atoms with Gasteiger partial charge in [0.25, 0.3) is 5.69 Å². The Balaban J connectivity index is 2.14. The zero-order valence-corrected chi connectivity index (χ0v) is 14.6. The monoisotopic (exact) mass is 323 g/mol. The molecule has 0 bridgehead atoms. The highest BCUT2D eigenvalue weighted by atomic mass is 19.1. The molecule has 23 heavy (non-hydrogen) atoms. The van der Waals surface area contributed by atoms with E-state index in [1.165, 1.54) is 6.07 Å². The van der Waals surface area contributed by atoms with Crippen molar-refractivity contribution in [3.63, 3.8) is 0 Å². The van der Waals surface area contributed by atoms with Crippen LogP contribution in [-0.4, -0.2) is 45.9 Å². The number of nitrogens with zero attached hydrogens (tertiary/aromatic N) is 3. The van der Waals surface area contributed by atoms with Crippen molar-refractivity contribution in [2.75, 3.05) is 19.6 Å². The lowest BCUT2D eigenvalue weighted by Gasteiger charge is -2.47. The standard InChI is InChI=1S/C17H26FN3O2/c1-12-10-19(6-7-20(12)17(3,4)5)11-14-8-15(18)9-16(13(14)2)21(22)23/h8-9,12H,6-7,10-11H2,1-5H3/t12-/m0/s1. The molecule has 0 N–H and O–H groups in total. The highest BCUT2D eigenvalue weighted by Crippen LogP contribution is 2.26. The molecule has 0 saturated carbocycles. The molecule has 0 spiro atoms. The van der Waals surface area contributed by atoms with Crippen LogP contribution in [0.15, 0.2) is 12.1 Å². The molecule has 0 unspecified atom stereocenters. The van der Waals surface area contributed by atoms with E-state index in [0.717, 1.165) is 25.7 Å². The molecule has 0 amide bonds. The molecule has 6 heteroatoms. The predicted molar refractivity (Wildman–Crippen MR) is 89.0 cm³/mol. The summed E-state index contributed by atoms with van der Waals surface area (Å²) in [6.07, 6.45) is 0. The fourth-order valence-electron chi connectivity index (χ4n) is 3.49. The topological polar surface area (TPSA) is 49.6 Å². The van der Waals surface area contributed by atoms with E-state index in [9.17, 15) is 14.5 Å². The first kappa shape index (κ1) is 17.8. The van der Waals surface area contributed by atoms with Gasteiger partial charge in [0, 0.05) is 43.3 Å². The summed E-state index contributed by atoms with van der Waals surface area (Å²) in [6, 6.07) is 2.81. The van der Waals surface area contributed by atoms with Crippen LogP contribution in [0.1, 0.15) is 38.8 Å². The molecule has 0 radical (unpaired) electrons. The second kappa shape index (κ2) is 6.53. The third-order valence-corrected chi connectivity index (χ3v) is 4.62. The van der Waals surface area contributed by atoms with Crippen LogP contribution in [0.4, 0.5) is 10.1 Å². The Morgan fingerprint density at radius 3 is 2.52 bits per heavy atom. The van der Waals surface area contributed by atoms with Gasteiger partial charge in [-0.3, -0.25) is 19.9 Å². The van der Waals surface area contributed by atoms with Gasteiger partial charge in [0.2, 0.25) is 0 Å². The van der Waals surface area contributed by atoms with Crippen LogP contribution in [0.3, 0.4) is 0 Å². The maximum Gasteiger partial charge on any atom is 0.275 e. The van der Waals surface area contributed by atoms with Crippen molar-refractivity contribution in [2.24, 2.45) is 0 Å². The lowest BCUT2D eigenvalue weighted by Crippen LogP contribution is -2.57. The Morgan fingerprint density at radius 1 is 1.35 bits per heavy atom. The summed E-state index contributed by atoms with van der Waals surface area (Å²) in [5.74, 6) is -0.543. The summed E-state index contributed by atoms with van der Waals surface area (Å²) in [5, 5.41) is 11.0. The quantitative estimate of drug-likeness (QED) is 0.632. The zero-order valence-electron chi connectivity index (χ0n) is 14.6. The fourth-order valence-corrected chi connectivity index (χ4v) is 3.49. The lowest BCUT2D eigenvalue weighted by atomic mass is 10.00. The first-order valence-electron chi connectivity index (χ1n) is 8.02. The van der Waals surface area contributed by atoms with Gasteiger partial charge in [0.05, 0.1) is 11.0 Å². The molecule has 1 heterocycles. The Hall–Kier alpha value is -1.53. The molecule has 1 aromatic rings. The molecular formula is C17H26FN3O2. The third-order valence-electron chi connectivity index (χ3n) is 4.62. The minimum Gasteiger partial charge on any atom is -0.296 e. The van der Waals surface area contributed by atoms with Crippen LogP contribution in [-0.2, 0) is 6.54 Å². The van der Waals surface area contributed by atoms with Gasteiger partial charge in [-0.25, -0.2) is 4.39 Å². The van der Waals surface area contributed by atoms with Gasteiger partial charge >= 0.3 is 0 Å². The summed E-state index contributed by atoms with van der Waals surface area (Å²) in [5.41, 5.74) is 1.25. The van der Waals surface area contributed by atoms with Crippen molar-refractivity contribution in [3.8, 4) is 0 Å². The van der Waals surface area contributed by atoms with Crippen molar-refractivity contribution in [1.29, 1.82) is 0 Å². The maximum atomic E-state index is 13.7. The maximum absolute atomic E-state index is 13.7. The third kappa shape index (κ3) is 4.06. The molecule has 0 aliphatic carbocycles. The van der Waals surface area contributed by atoms with Crippen molar-refractivity contribution in [2.45, 2.75) is 52.7 Å². The van der Waals surface area contributed by atoms with Crippen LogP contribution < -0.4 is 0 Å². The number of nitro groups is 1. The molecule has 128 valence electrons. The molecular weight excluding hydrogens is 297 g/mol. The number of hydrogen-bond acceptors (Lipinski definition) is 4. The van der Waals surface area contributed by atoms with Crippen LogP contribution in [0, 0.1) is 22.9 Å². The Kier molecular flexibility index (Phi) is 5.06. The molecule has 0 aromatic heterocycles. The molecule has 1 aliphatic rings. The Morgan fingerprint density at radius 2 is 2.00 bits per heavy atom. The minimum atomic E-state index is -0.543. The summed E-state index contributed by atoms with van der Waals surface area (Å²) >= 11 is 0. The highest BCUT2D eigenvalue weighted by Gasteiger charge is 2.31. The smallest absolute Gasteiger partial charge is 0.275 e. The van der Waals surface area contributed by atoms with Crippen molar-refractivity contribution in [1.82, 2.24) is 9.80 Å². The highest BCUT2D eigenvalue weighted by molar-refractivity contribution is 5.45. The van der Waals surface area contributed by atoms with Crippen LogP contribution in [0.5, 0.6) is 0 Å². The van der Waals surface area contributed by atoms with E-state index in [4.69, 9.17) is 0 Å². The largest absolute Gasteiger partial charge is 0.296 e.